The second-order valence-corrected chi connectivity index (χ2v) is 5.59. The zero-order valence-electron chi connectivity index (χ0n) is 13.8. The molecule has 0 saturated heterocycles. The average molecular weight is 337 g/mol. The molecule has 0 unspecified atom stereocenters. The Morgan fingerprint density at radius 2 is 2.20 bits per heavy atom. The Labute approximate surface area is 144 Å². The quantitative estimate of drug-likeness (QED) is 0.457. The number of Topliss-reactive ketones (excluding diaryl/α,β-unsaturated/α-hetero) is 1. The number of hydrogen-bond donors (Lipinski definition) is 3. The van der Waals surface area contributed by atoms with Crippen LogP contribution in [0.4, 0.5) is 10.1 Å². The van der Waals surface area contributed by atoms with Crippen LogP contribution in [0.3, 0.4) is 0 Å². The summed E-state index contributed by atoms with van der Waals surface area (Å²) in [6.07, 6.45) is 3.16. The van der Waals surface area contributed by atoms with Crippen molar-refractivity contribution in [3.05, 3.63) is 52.6 Å². The molecule has 1 aliphatic heterocycles. The lowest BCUT2D eigenvalue weighted by Gasteiger charge is -2.04. The van der Waals surface area contributed by atoms with Crippen molar-refractivity contribution in [2.24, 2.45) is 0 Å². The summed E-state index contributed by atoms with van der Waals surface area (Å²) in [5.74, 6) is 4.71. The van der Waals surface area contributed by atoms with E-state index in [1.165, 1.54) is 19.1 Å². The van der Waals surface area contributed by atoms with Crippen LogP contribution in [-0.2, 0) is 4.79 Å². The number of aromatic nitrogens is 1. The zero-order chi connectivity index (χ0) is 18.0. The van der Waals surface area contributed by atoms with E-state index in [4.69, 9.17) is 0 Å². The van der Waals surface area contributed by atoms with Gasteiger partial charge in [0.2, 0.25) is 0 Å². The van der Waals surface area contributed by atoms with Crippen LogP contribution in [0.25, 0.3) is 11.6 Å². The first-order valence-corrected chi connectivity index (χ1v) is 7.70. The van der Waals surface area contributed by atoms with Gasteiger partial charge in [0.15, 0.2) is 5.78 Å². The maximum absolute atomic E-state index is 14.3. The van der Waals surface area contributed by atoms with Gasteiger partial charge in [-0.3, -0.25) is 9.59 Å². The third kappa shape index (κ3) is 3.23. The summed E-state index contributed by atoms with van der Waals surface area (Å²) in [6.45, 7) is 1.87. The maximum Gasteiger partial charge on any atom is 0.256 e. The number of carbonyl (C=O) groups excluding carboxylic acids is 2. The van der Waals surface area contributed by atoms with Gasteiger partial charge in [-0.1, -0.05) is 11.8 Å². The fourth-order valence-electron chi connectivity index (χ4n) is 2.60. The van der Waals surface area contributed by atoms with Crippen LogP contribution < -0.4 is 10.6 Å². The Morgan fingerprint density at radius 1 is 1.40 bits per heavy atom. The van der Waals surface area contributed by atoms with Gasteiger partial charge in [0.1, 0.15) is 5.82 Å². The molecule has 1 aromatic carbocycles. The molecular weight excluding hydrogens is 321 g/mol. The minimum absolute atomic E-state index is 0.0816. The summed E-state index contributed by atoms with van der Waals surface area (Å²) in [4.78, 5) is 26.7. The fourth-order valence-corrected chi connectivity index (χ4v) is 2.60. The smallest absolute Gasteiger partial charge is 0.256 e. The van der Waals surface area contributed by atoms with E-state index in [2.05, 4.69) is 27.5 Å². The van der Waals surface area contributed by atoms with Gasteiger partial charge in [-0.05, 0) is 38.2 Å². The van der Waals surface area contributed by atoms with Crippen molar-refractivity contribution in [1.29, 1.82) is 0 Å². The molecule has 5 nitrogen and oxygen atoms in total. The van der Waals surface area contributed by atoms with Crippen LogP contribution in [-0.4, -0.2) is 30.3 Å². The van der Waals surface area contributed by atoms with Gasteiger partial charge >= 0.3 is 0 Å². The van der Waals surface area contributed by atoms with Crippen LogP contribution in [0.5, 0.6) is 0 Å². The molecule has 126 valence electrons. The number of halogens is 1. The summed E-state index contributed by atoms with van der Waals surface area (Å²) < 4.78 is 14.3. The maximum atomic E-state index is 14.3. The molecule has 3 N–H and O–H groups in total. The number of carbonyl (C=O) groups is 2. The van der Waals surface area contributed by atoms with E-state index in [9.17, 15) is 14.0 Å². The number of fused-ring (bicyclic) bond motifs is 1. The molecule has 3 rings (SSSR count). The molecule has 6 heteroatoms. The Bertz CT molecular complexity index is 961. The lowest BCUT2D eigenvalue weighted by atomic mass is 9.99. The number of H-pyrrole nitrogens is 1. The molecule has 0 aliphatic carbocycles. The zero-order valence-corrected chi connectivity index (χ0v) is 13.8. The summed E-state index contributed by atoms with van der Waals surface area (Å²) in [5, 5.41) is 5.59. The number of rotatable bonds is 3. The average Bonchev–Trinajstić information content (AvgIpc) is 3.16. The standard InChI is InChI=1S/C19H16FN3O2/c1-11(24)12-8-13(22-10-12)9-15-18-14(4-3-7-21-2)16(20)5-6-17(18)23-19(15)25/h5-6,8-10,21-22H,7H2,1-2H3,(H,23,25)/b15-9-. The first-order valence-electron chi connectivity index (χ1n) is 7.70. The number of hydrogen-bond acceptors (Lipinski definition) is 3. The SMILES string of the molecule is CNCC#Cc1c(F)ccc2c1/C(=C/c1cc(C(C)=O)c[nH]1)C(=O)N2. The van der Waals surface area contributed by atoms with Crippen molar-refractivity contribution in [3.8, 4) is 11.8 Å². The van der Waals surface area contributed by atoms with E-state index in [1.54, 1.807) is 25.4 Å². The van der Waals surface area contributed by atoms with Crippen molar-refractivity contribution in [2.45, 2.75) is 6.92 Å². The minimum atomic E-state index is -0.485. The van der Waals surface area contributed by atoms with E-state index in [0.29, 0.717) is 34.6 Å². The van der Waals surface area contributed by atoms with Crippen LogP contribution >= 0.6 is 0 Å². The third-order valence-electron chi connectivity index (χ3n) is 3.81. The molecule has 1 aromatic heterocycles. The van der Waals surface area contributed by atoms with Crippen molar-refractivity contribution in [3.63, 3.8) is 0 Å². The summed E-state index contributed by atoms with van der Waals surface area (Å²) >= 11 is 0. The van der Waals surface area contributed by atoms with E-state index in [-0.39, 0.29) is 17.3 Å². The lowest BCUT2D eigenvalue weighted by molar-refractivity contribution is -0.110. The highest BCUT2D eigenvalue weighted by atomic mass is 19.1. The van der Waals surface area contributed by atoms with Crippen LogP contribution in [0.1, 0.15) is 34.1 Å². The molecule has 2 aromatic rings. The first kappa shape index (κ1) is 16.7. The van der Waals surface area contributed by atoms with Gasteiger partial charge in [0.05, 0.1) is 23.4 Å². The molecule has 0 saturated carbocycles. The fraction of sp³-hybridized carbons (Fsp3) is 0.158. The van der Waals surface area contributed by atoms with Gasteiger partial charge in [0, 0.05) is 23.0 Å². The molecule has 2 heterocycles. The number of nitrogens with one attached hydrogen (secondary N) is 3. The Morgan fingerprint density at radius 3 is 2.88 bits per heavy atom. The Hall–Kier alpha value is -3.17. The number of ketones is 1. The van der Waals surface area contributed by atoms with E-state index in [0.717, 1.165) is 0 Å². The Kier molecular flexibility index (Phi) is 4.50. The molecule has 0 atom stereocenters. The number of aromatic amines is 1. The molecule has 1 aliphatic rings. The van der Waals surface area contributed by atoms with Gasteiger partial charge in [0.25, 0.3) is 5.91 Å². The third-order valence-corrected chi connectivity index (χ3v) is 3.81. The molecule has 1 amide bonds. The summed E-state index contributed by atoms with van der Waals surface area (Å²) in [5.41, 5.74) is 2.54. The van der Waals surface area contributed by atoms with Crippen LogP contribution in [0, 0.1) is 17.7 Å². The highest BCUT2D eigenvalue weighted by Crippen LogP contribution is 2.36. The number of benzene rings is 1. The topological polar surface area (TPSA) is 74.0 Å². The second-order valence-electron chi connectivity index (χ2n) is 5.59. The van der Waals surface area contributed by atoms with E-state index >= 15 is 0 Å². The van der Waals surface area contributed by atoms with Crippen molar-refractivity contribution >= 4 is 29.0 Å². The van der Waals surface area contributed by atoms with Crippen molar-refractivity contribution in [2.75, 3.05) is 18.9 Å². The minimum Gasteiger partial charge on any atom is -0.361 e. The highest BCUT2D eigenvalue weighted by molar-refractivity contribution is 6.35. The largest absolute Gasteiger partial charge is 0.361 e. The lowest BCUT2D eigenvalue weighted by Crippen LogP contribution is -2.05. The first-order chi connectivity index (χ1) is 12.0. The molecule has 0 bridgehead atoms. The normalized spacial score (nSPS) is 14.0. The van der Waals surface area contributed by atoms with Gasteiger partial charge in [-0.25, -0.2) is 4.39 Å². The van der Waals surface area contributed by atoms with Crippen molar-refractivity contribution < 1.29 is 14.0 Å². The predicted octanol–water partition coefficient (Wildman–Crippen LogP) is 2.42. The molecule has 0 fully saturated rings. The highest BCUT2D eigenvalue weighted by Gasteiger charge is 2.28. The predicted molar refractivity (Wildman–Crippen MR) is 94.5 cm³/mol. The van der Waals surface area contributed by atoms with Gasteiger partial charge < -0.3 is 15.6 Å². The van der Waals surface area contributed by atoms with E-state index in [1.807, 2.05) is 0 Å². The second kappa shape index (κ2) is 6.75. The number of anilines is 1. The molecule has 0 radical (unpaired) electrons. The number of amides is 1. The van der Waals surface area contributed by atoms with E-state index < -0.39 is 5.82 Å². The van der Waals surface area contributed by atoms with Crippen LogP contribution in [0.15, 0.2) is 24.4 Å². The molecule has 25 heavy (non-hydrogen) atoms. The Balaban J connectivity index is 2.11. The van der Waals surface area contributed by atoms with Crippen molar-refractivity contribution in [1.82, 2.24) is 10.3 Å². The molecule has 0 spiro atoms. The van der Waals surface area contributed by atoms with Crippen LogP contribution in [0.2, 0.25) is 0 Å². The molecular formula is C19H16FN3O2. The summed E-state index contributed by atoms with van der Waals surface area (Å²) in [6, 6.07) is 4.45. The monoisotopic (exact) mass is 337 g/mol. The summed E-state index contributed by atoms with van der Waals surface area (Å²) in [7, 11) is 1.74. The van der Waals surface area contributed by atoms with Gasteiger partial charge in [-0.2, -0.15) is 0 Å². The van der Waals surface area contributed by atoms with Gasteiger partial charge in [-0.15, -0.1) is 0 Å².